The molecule has 0 radical (unpaired) electrons. The third-order valence-corrected chi connectivity index (χ3v) is 6.40. The minimum atomic E-state index is -0.464. The van der Waals surface area contributed by atoms with Crippen molar-refractivity contribution in [3.63, 3.8) is 0 Å². The third-order valence-electron chi connectivity index (χ3n) is 6.40. The van der Waals surface area contributed by atoms with Gasteiger partial charge in [-0.25, -0.2) is 0 Å². The molecule has 2 aromatic carbocycles. The van der Waals surface area contributed by atoms with Crippen molar-refractivity contribution in [2.75, 3.05) is 7.11 Å². The molecule has 1 heterocycles. The van der Waals surface area contributed by atoms with Crippen LogP contribution in [-0.4, -0.2) is 18.4 Å². The molecule has 2 atom stereocenters. The zero-order valence-electron chi connectivity index (χ0n) is 19.4. The molecule has 3 nitrogen and oxygen atoms in total. The lowest BCUT2D eigenvalue weighted by Crippen LogP contribution is -2.39. The van der Waals surface area contributed by atoms with Crippen molar-refractivity contribution >= 4 is 5.78 Å². The van der Waals surface area contributed by atoms with E-state index in [4.69, 9.17) is 4.74 Å². The maximum atomic E-state index is 13.1. The van der Waals surface area contributed by atoms with Crippen LogP contribution in [0.3, 0.4) is 0 Å². The van der Waals surface area contributed by atoms with E-state index in [-0.39, 0.29) is 17.4 Å². The third kappa shape index (κ3) is 5.13. The van der Waals surface area contributed by atoms with Gasteiger partial charge in [-0.15, -0.1) is 0 Å². The van der Waals surface area contributed by atoms with E-state index < -0.39 is 5.54 Å². The van der Waals surface area contributed by atoms with Crippen LogP contribution in [0.25, 0.3) is 0 Å². The van der Waals surface area contributed by atoms with Crippen molar-refractivity contribution in [1.29, 1.82) is 0 Å². The summed E-state index contributed by atoms with van der Waals surface area (Å²) in [5, 5.41) is 3.61. The molecule has 1 aliphatic rings. The predicted octanol–water partition coefficient (Wildman–Crippen LogP) is 6.01. The van der Waals surface area contributed by atoms with E-state index in [2.05, 4.69) is 62.5 Å². The number of rotatable bonds is 7. The molecule has 0 spiro atoms. The first kappa shape index (κ1) is 22.6. The van der Waals surface area contributed by atoms with Crippen LogP contribution < -0.4 is 10.1 Å². The summed E-state index contributed by atoms with van der Waals surface area (Å²) < 4.78 is 5.23. The number of aryl methyl sites for hydroxylation is 1. The average Bonchev–Trinajstić information content (AvgIpc) is 2.94. The number of methoxy groups -OCH3 is 1. The Hall–Kier alpha value is -2.13. The average molecular weight is 408 g/mol. The molecule has 0 saturated carbocycles. The number of ketones is 1. The molecule has 162 valence electrons. The monoisotopic (exact) mass is 407 g/mol. The fraction of sp³-hybridized carbons (Fsp3) is 0.519. The van der Waals surface area contributed by atoms with Gasteiger partial charge in [-0.05, 0) is 67.3 Å². The fourth-order valence-corrected chi connectivity index (χ4v) is 4.46. The van der Waals surface area contributed by atoms with Crippen LogP contribution in [0.4, 0.5) is 0 Å². The van der Waals surface area contributed by atoms with Crippen LogP contribution in [0.2, 0.25) is 0 Å². The second-order valence-electron chi connectivity index (χ2n) is 10.2. The van der Waals surface area contributed by atoms with Gasteiger partial charge in [0.25, 0.3) is 0 Å². The Kier molecular flexibility index (Phi) is 6.71. The van der Waals surface area contributed by atoms with Gasteiger partial charge in [0, 0.05) is 12.0 Å². The van der Waals surface area contributed by atoms with E-state index in [0.717, 1.165) is 31.4 Å². The molecule has 3 rings (SSSR count). The minimum absolute atomic E-state index is 0.0383. The Morgan fingerprint density at radius 3 is 2.17 bits per heavy atom. The lowest BCUT2D eigenvalue weighted by atomic mass is 9.83. The van der Waals surface area contributed by atoms with Gasteiger partial charge in [0.2, 0.25) is 0 Å². The van der Waals surface area contributed by atoms with Crippen LogP contribution >= 0.6 is 0 Å². The molecule has 2 aromatic rings. The molecule has 2 unspecified atom stereocenters. The number of benzene rings is 2. The first-order valence-electron chi connectivity index (χ1n) is 11.2. The lowest BCUT2D eigenvalue weighted by molar-refractivity contribution is -0.124. The van der Waals surface area contributed by atoms with Crippen molar-refractivity contribution in [3.05, 3.63) is 65.2 Å². The molecule has 3 heteroatoms. The lowest BCUT2D eigenvalue weighted by Gasteiger charge is -2.23. The van der Waals surface area contributed by atoms with Crippen LogP contribution in [0, 0.1) is 5.92 Å². The topological polar surface area (TPSA) is 38.3 Å². The van der Waals surface area contributed by atoms with E-state index in [0.29, 0.717) is 5.78 Å². The summed E-state index contributed by atoms with van der Waals surface area (Å²) in [4.78, 5) is 13.1. The Labute approximate surface area is 182 Å². The number of hydrogen-bond acceptors (Lipinski definition) is 3. The first-order chi connectivity index (χ1) is 14.1. The number of carbonyl (C=O) groups is 1. The number of hydrogen-bond donors (Lipinski definition) is 1. The highest BCUT2D eigenvalue weighted by molar-refractivity contribution is 5.92. The molecular formula is C27H37NO2. The maximum Gasteiger partial charge on any atom is 0.157 e. The van der Waals surface area contributed by atoms with Crippen LogP contribution in [-0.2, 0) is 16.6 Å². The van der Waals surface area contributed by atoms with Crippen molar-refractivity contribution < 1.29 is 9.53 Å². The highest BCUT2D eigenvalue weighted by Gasteiger charge is 2.46. The van der Waals surface area contributed by atoms with Gasteiger partial charge in [0.15, 0.2) is 5.78 Å². The Balaban J connectivity index is 1.64. The highest BCUT2D eigenvalue weighted by Crippen LogP contribution is 2.38. The van der Waals surface area contributed by atoms with Gasteiger partial charge < -0.3 is 4.74 Å². The molecule has 0 amide bonds. The summed E-state index contributed by atoms with van der Waals surface area (Å²) in [5.74, 6) is 1.28. The Morgan fingerprint density at radius 2 is 1.60 bits per heavy atom. The van der Waals surface area contributed by atoms with Gasteiger partial charge in [-0.1, -0.05) is 63.6 Å². The zero-order valence-corrected chi connectivity index (χ0v) is 19.4. The molecule has 30 heavy (non-hydrogen) atoms. The van der Waals surface area contributed by atoms with E-state index >= 15 is 0 Å². The van der Waals surface area contributed by atoms with Gasteiger partial charge >= 0.3 is 0 Å². The van der Waals surface area contributed by atoms with E-state index in [1.54, 1.807) is 7.11 Å². The molecule has 0 bridgehead atoms. The number of ether oxygens (including phenoxy) is 1. The summed E-state index contributed by atoms with van der Waals surface area (Å²) in [6, 6.07) is 17.2. The fourth-order valence-electron chi connectivity index (χ4n) is 4.46. The summed E-state index contributed by atoms with van der Waals surface area (Å²) in [5.41, 5.74) is 3.54. The van der Waals surface area contributed by atoms with Crippen LogP contribution in [0.1, 0.15) is 76.6 Å². The van der Waals surface area contributed by atoms with Crippen molar-refractivity contribution in [1.82, 2.24) is 5.32 Å². The number of Topliss-reactive ketones (excluding diaryl/α,β-unsaturated/α-hetero) is 1. The Bertz CT molecular complexity index is 844. The van der Waals surface area contributed by atoms with Gasteiger partial charge in [-0.2, -0.15) is 0 Å². The Morgan fingerprint density at radius 1 is 0.967 bits per heavy atom. The molecular weight excluding hydrogens is 370 g/mol. The summed E-state index contributed by atoms with van der Waals surface area (Å²) in [6.45, 7) is 10.7. The molecule has 1 fully saturated rings. The summed E-state index contributed by atoms with van der Waals surface area (Å²) in [6.07, 6.45) is 4.10. The molecule has 1 aliphatic heterocycles. The van der Waals surface area contributed by atoms with E-state index in [9.17, 15) is 4.79 Å². The molecule has 1 N–H and O–H groups in total. The second kappa shape index (κ2) is 8.93. The zero-order chi connectivity index (χ0) is 21.9. The van der Waals surface area contributed by atoms with Crippen molar-refractivity contribution in [2.45, 2.75) is 77.3 Å². The van der Waals surface area contributed by atoms with E-state index in [1.165, 1.54) is 16.7 Å². The highest BCUT2D eigenvalue weighted by atomic mass is 16.5. The summed E-state index contributed by atoms with van der Waals surface area (Å²) >= 11 is 0. The largest absolute Gasteiger partial charge is 0.497 e. The van der Waals surface area contributed by atoms with Crippen LogP contribution in [0.5, 0.6) is 5.75 Å². The molecule has 0 aliphatic carbocycles. The first-order valence-corrected chi connectivity index (χ1v) is 11.2. The smallest absolute Gasteiger partial charge is 0.157 e. The second-order valence-corrected chi connectivity index (χ2v) is 10.2. The number of carbonyl (C=O) groups excluding carboxylic acids is 1. The number of unbranched alkanes of at least 4 members (excludes halogenated alkanes) is 1. The molecule has 1 saturated heterocycles. The van der Waals surface area contributed by atoms with Gasteiger partial charge in [0.1, 0.15) is 5.75 Å². The maximum absolute atomic E-state index is 13.1. The quantitative estimate of drug-likeness (QED) is 0.571. The van der Waals surface area contributed by atoms with Crippen LogP contribution in [0.15, 0.2) is 48.5 Å². The van der Waals surface area contributed by atoms with Crippen molar-refractivity contribution in [3.8, 4) is 5.75 Å². The molecule has 0 aromatic heterocycles. The van der Waals surface area contributed by atoms with Gasteiger partial charge in [-0.3, -0.25) is 10.1 Å². The number of nitrogens with one attached hydrogen (secondary N) is 1. The predicted molar refractivity (Wildman–Crippen MR) is 124 cm³/mol. The normalized spacial score (nSPS) is 21.1. The SMILES string of the molecule is COc1ccc(CCCCC2C(=O)C(C)(C)NC2c2ccc(C(C)(C)C)cc2)cc1. The minimum Gasteiger partial charge on any atom is -0.497 e. The van der Waals surface area contributed by atoms with Crippen molar-refractivity contribution in [2.24, 2.45) is 5.92 Å². The summed E-state index contributed by atoms with van der Waals surface area (Å²) in [7, 11) is 1.69. The van der Waals surface area contributed by atoms with Gasteiger partial charge in [0.05, 0.1) is 12.6 Å². The standard InChI is InChI=1S/C27H37NO2/c1-26(2,3)21-15-13-20(14-16-21)24-23(25(29)27(4,5)28-24)10-8-7-9-19-11-17-22(30-6)18-12-19/h11-18,23-24,28H,7-10H2,1-6H3. The van der Waals surface area contributed by atoms with E-state index in [1.807, 2.05) is 26.0 Å².